The lowest BCUT2D eigenvalue weighted by Crippen LogP contribution is -2.21. The first-order valence-electron chi connectivity index (χ1n) is 5.93. The number of benzene rings is 1. The highest BCUT2D eigenvalue weighted by Crippen LogP contribution is 2.22. The smallest absolute Gasteiger partial charge is 0.120 e. The molecule has 0 radical (unpaired) electrons. The molecule has 0 aromatic heterocycles. The topological polar surface area (TPSA) is 58.6 Å². The molecule has 18 heavy (non-hydrogen) atoms. The van der Waals surface area contributed by atoms with Crippen LogP contribution in [0.5, 0.6) is 11.5 Å². The number of ether oxygens (including phenoxy) is 1. The van der Waals surface area contributed by atoms with Crippen LogP contribution in [0.4, 0.5) is 0 Å². The number of phenols is 1. The number of hydrogen-bond donors (Lipinski definition) is 2. The second-order valence-electron chi connectivity index (χ2n) is 4.27. The first-order valence-corrected chi connectivity index (χ1v) is 7.55. The molecule has 1 aromatic carbocycles. The highest BCUT2D eigenvalue weighted by molar-refractivity contribution is 7.84. The molecule has 2 N–H and O–H groups in total. The molecular weight excluding hydrogens is 250 g/mol. The fraction of sp³-hybridized carbons (Fsp3) is 0.538. The number of hydrogen-bond acceptors (Lipinski definition) is 4. The third-order valence-corrected chi connectivity index (χ3v) is 4.27. The largest absolute Gasteiger partial charge is 0.508 e. The van der Waals surface area contributed by atoms with Gasteiger partial charge in [0, 0.05) is 34.4 Å². The van der Waals surface area contributed by atoms with E-state index in [4.69, 9.17) is 4.74 Å². The Morgan fingerprint density at radius 3 is 2.83 bits per heavy atom. The van der Waals surface area contributed by atoms with Gasteiger partial charge in [0.15, 0.2) is 0 Å². The Hall–Kier alpha value is -1.07. The van der Waals surface area contributed by atoms with Crippen molar-refractivity contribution in [2.24, 2.45) is 0 Å². The van der Waals surface area contributed by atoms with Gasteiger partial charge in [0.2, 0.25) is 0 Å². The van der Waals surface area contributed by atoms with Crippen molar-refractivity contribution in [2.45, 2.75) is 25.1 Å². The molecule has 0 amide bonds. The Morgan fingerprint density at radius 2 is 2.22 bits per heavy atom. The van der Waals surface area contributed by atoms with Crippen molar-refractivity contribution in [1.29, 1.82) is 0 Å². The molecule has 102 valence electrons. The number of aromatic hydroxyl groups is 1. The number of rotatable bonds is 7. The zero-order valence-corrected chi connectivity index (χ0v) is 11.9. The number of nitrogens with one attached hydrogen (secondary N) is 1. The Kier molecular flexibility index (Phi) is 6.15. The SMILES string of the molecule is COc1ccc(O)c(CNCCC(C)S(C)=O)c1. The summed E-state index contributed by atoms with van der Waals surface area (Å²) in [6, 6.07) is 5.16. The molecular formula is C13H21NO3S. The molecule has 2 unspecified atom stereocenters. The summed E-state index contributed by atoms with van der Waals surface area (Å²) >= 11 is 0. The molecule has 0 saturated carbocycles. The van der Waals surface area contributed by atoms with E-state index in [9.17, 15) is 9.32 Å². The summed E-state index contributed by atoms with van der Waals surface area (Å²) in [4.78, 5) is 0. The molecule has 0 bridgehead atoms. The van der Waals surface area contributed by atoms with E-state index in [-0.39, 0.29) is 11.0 Å². The van der Waals surface area contributed by atoms with Crippen molar-refractivity contribution in [3.05, 3.63) is 23.8 Å². The van der Waals surface area contributed by atoms with Crippen LogP contribution in [0.25, 0.3) is 0 Å². The second kappa shape index (κ2) is 7.38. The molecule has 0 saturated heterocycles. The number of phenolic OH excluding ortho intramolecular Hbond substituents is 1. The summed E-state index contributed by atoms with van der Waals surface area (Å²) in [6.07, 6.45) is 2.58. The highest BCUT2D eigenvalue weighted by Gasteiger charge is 2.06. The fourth-order valence-electron chi connectivity index (χ4n) is 1.52. The first kappa shape index (κ1) is 15.0. The van der Waals surface area contributed by atoms with E-state index in [0.717, 1.165) is 24.3 Å². The maximum absolute atomic E-state index is 11.2. The average molecular weight is 271 g/mol. The van der Waals surface area contributed by atoms with Crippen LogP contribution >= 0.6 is 0 Å². The van der Waals surface area contributed by atoms with Crippen molar-refractivity contribution in [2.75, 3.05) is 19.9 Å². The van der Waals surface area contributed by atoms with Crippen LogP contribution in [0.1, 0.15) is 18.9 Å². The molecule has 0 aliphatic rings. The van der Waals surface area contributed by atoms with E-state index < -0.39 is 10.8 Å². The van der Waals surface area contributed by atoms with Crippen molar-refractivity contribution < 1.29 is 14.1 Å². The summed E-state index contributed by atoms with van der Waals surface area (Å²) in [6.45, 7) is 3.32. The van der Waals surface area contributed by atoms with Gasteiger partial charge >= 0.3 is 0 Å². The van der Waals surface area contributed by atoms with Crippen LogP contribution in [-0.2, 0) is 17.3 Å². The summed E-state index contributed by atoms with van der Waals surface area (Å²) in [5.74, 6) is 0.989. The van der Waals surface area contributed by atoms with Crippen LogP contribution in [0.3, 0.4) is 0 Å². The van der Waals surface area contributed by atoms with E-state index in [0.29, 0.717) is 6.54 Å². The minimum atomic E-state index is -0.777. The summed E-state index contributed by atoms with van der Waals surface area (Å²) in [5, 5.41) is 13.1. The summed E-state index contributed by atoms with van der Waals surface area (Å²) in [5.41, 5.74) is 0.805. The molecule has 1 rings (SSSR count). The van der Waals surface area contributed by atoms with Crippen LogP contribution in [0, 0.1) is 0 Å². The Morgan fingerprint density at radius 1 is 1.50 bits per heavy atom. The minimum Gasteiger partial charge on any atom is -0.508 e. The lowest BCUT2D eigenvalue weighted by Gasteiger charge is -2.11. The molecule has 2 atom stereocenters. The zero-order valence-electron chi connectivity index (χ0n) is 11.1. The van der Waals surface area contributed by atoms with E-state index >= 15 is 0 Å². The molecule has 0 fully saturated rings. The number of methoxy groups -OCH3 is 1. The predicted molar refractivity (Wildman–Crippen MR) is 74.5 cm³/mol. The quantitative estimate of drug-likeness (QED) is 0.740. The maximum Gasteiger partial charge on any atom is 0.120 e. The van der Waals surface area contributed by atoms with E-state index in [2.05, 4.69) is 5.32 Å². The first-order chi connectivity index (χ1) is 8.54. The van der Waals surface area contributed by atoms with Gasteiger partial charge in [0.05, 0.1) is 7.11 Å². The fourth-order valence-corrected chi connectivity index (χ4v) is 1.97. The van der Waals surface area contributed by atoms with Crippen molar-refractivity contribution >= 4 is 10.8 Å². The van der Waals surface area contributed by atoms with Crippen molar-refractivity contribution in [1.82, 2.24) is 5.32 Å². The predicted octanol–water partition coefficient (Wildman–Crippen LogP) is 1.65. The third-order valence-electron chi connectivity index (χ3n) is 2.90. The zero-order chi connectivity index (χ0) is 13.5. The van der Waals surface area contributed by atoms with Gasteiger partial charge < -0.3 is 15.2 Å². The molecule has 0 heterocycles. The Labute approximate surface area is 111 Å². The molecule has 0 aliphatic carbocycles. The summed E-state index contributed by atoms with van der Waals surface area (Å²) < 4.78 is 16.3. The standard InChI is InChI=1S/C13H21NO3S/c1-10(18(3)16)6-7-14-9-11-8-12(17-2)4-5-13(11)15/h4-5,8,10,14-15H,6-7,9H2,1-3H3. The van der Waals surface area contributed by atoms with Gasteiger partial charge in [-0.3, -0.25) is 4.21 Å². The molecule has 0 aliphatic heterocycles. The van der Waals surface area contributed by atoms with Gasteiger partial charge in [-0.25, -0.2) is 0 Å². The van der Waals surface area contributed by atoms with Gasteiger partial charge in [0.1, 0.15) is 11.5 Å². The Bertz CT molecular complexity index is 409. The van der Waals surface area contributed by atoms with E-state index in [1.165, 1.54) is 0 Å². The van der Waals surface area contributed by atoms with E-state index in [1.54, 1.807) is 25.5 Å². The minimum absolute atomic E-state index is 0.191. The van der Waals surface area contributed by atoms with Gasteiger partial charge in [-0.1, -0.05) is 6.92 Å². The maximum atomic E-state index is 11.2. The van der Waals surface area contributed by atoms with Crippen molar-refractivity contribution in [3.63, 3.8) is 0 Å². The van der Waals surface area contributed by atoms with Crippen LogP contribution in [0.15, 0.2) is 18.2 Å². The van der Waals surface area contributed by atoms with Crippen LogP contribution in [-0.4, -0.2) is 34.5 Å². The van der Waals surface area contributed by atoms with Gasteiger partial charge in [-0.15, -0.1) is 0 Å². The van der Waals surface area contributed by atoms with Gasteiger partial charge in [0.25, 0.3) is 0 Å². The van der Waals surface area contributed by atoms with Gasteiger partial charge in [-0.05, 0) is 31.2 Å². The third kappa shape index (κ3) is 4.66. The molecule has 4 nitrogen and oxygen atoms in total. The molecule has 5 heteroatoms. The monoisotopic (exact) mass is 271 g/mol. The van der Waals surface area contributed by atoms with E-state index in [1.807, 2.05) is 13.0 Å². The molecule has 1 aromatic rings. The normalized spacial score (nSPS) is 14.2. The lowest BCUT2D eigenvalue weighted by molar-refractivity contribution is 0.410. The van der Waals surface area contributed by atoms with Crippen LogP contribution in [0.2, 0.25) is 0 Å². The summed E-state index contributed by atoms with van der Waals surface area (Å²) in [7, 11) is 0.822. The average Bonchev–Trinajstić information content (AvgIpc) is 2.36. The second-order valence-corrected chi connectivity index (χ2v) is 6.07. The highest BCUT2D eigenvalue weighted by atomic mass is 32.2. The van der Waals surface area contributed by atoms with Crippen molar-refractivity contribution in [3.8, 4) is 11.5 Å². The van der Waals surface area contributed by atoms with Gasteiger partial charge in [-0.2, -0.15) is 0 Å². The molecule has 0 spiro atoms. The Balaban J connectivity index is 2.41. The lowest BCUT2D eigenvalue weighted by atomic mass is 10.2. The van der Waals surface area contributed by atoms with Crippen LogP contribution < -0.4 is 10.1 Å².